The Morgan fingerprint density at radius 3 is 2.69 bits per heavy atom. The zero-order valence-electron chi connectivity index (χ0n) is 15.4. The highest BCUT2D eigenvalue weighted by Crippen LogP contribution is 2.39. The lowest BCUT2D eigenvalue weighted by molar-refractivity contribution is -0.151. The fourth-order valence-corrected chi connectivity index (χ4v) is 4.47. The fraction of sp³-hybridized carbons (Fsp3) is 0.600. The summed E-state index contributed by atoms with van der Waals surface area (Å²) in [6.45, 7) is 3.26. The lowest BCUT2D eigenvalue weighted by atomic mass is 9.71. The van der Waals surface area contributed by atoms with Crippen molar-refractivity contribution in [2.24, 2.45) is 18.9 Å². The van der Waals surface area contributed by atoms with Gasteiger partial charge >= 0.3 is 0 Å². The van der Waals surface area contributed by atoms with Gasteiger partial charge in [0.2, 0.25) is 5.91 Å². The third kappa shape index (κ3) is 3.22. The summed E-state index contributed by atoms with van der Waals surface area (Å²) in [5, 5.41) is 14.8. The van der Waals surface area contributed by atoms with Gasteiger partial charge in [-0.2, -0.15) is 5.10 Å². The number of aromatic nitrogens is 2. The number of hydrogen-bond acceptors (Lipinski definition) is 3. The first-order valence-corrected chi connectivity index (χ1v) is 9.44. The van der Waals surface area contributed by atoms with Crippen molar-refractivity contribution in [1.82, 2.24) is 14.7 Å². The molecule has 2 aliphatic rings. The highest BCUT2D eigenvalue weighted by atomic mass is 19.1. The standard InChI is InChI=1S/C20H26FN3O2/c1-20(26)10-16(11-20)19(25)24-5-3-13(4-6-24)7-14-9-18-15(8-17(14)21)12-22-23(18)2/h8-9,12-13,16,26H,3-7,10-11H2,1-2H3. The lowest BCUT2D eigenvalue weighted by Gasteiger charge is -2.43. The number of hydrogen-bond donors (Lipinski definition) is 1. The molecule has 0 bridgehead atoms. The first-order valence-electron chi connectivity index (χ1n) is 9.44. The number of likely N-dealkylation sites (tertiary alicyclic amines) is 1. The summed E-state index contributed by atoms with van der Waals surface area (Å²) < 4.78 is 16.2. The maximum atomic E-state index is 14.4. The molecule has 1 amide bonds. The van der Waals surface area contributed by atoms with Gasteiger partial charge in [-0.25, -0.2) is 4.39 Å². The van der Waals surface area contributed by atoms with Gasteiger partial charge in [0, 0.05) is 31.4 Å². The van der Waals surface area contributed by atoms with E-state index in [1.54, 1.807) is 23.9 Å². The van der Waals surface area contributed by atoms with Crippen LogP contribution in [0.25, 0.3) is 10.9 Å². The predicted molar refractivity (Wildman–Crippen MR) is 97.0 cm³/mol. The smallest absolute Gasteiger partial charge is 0.225 e. The molecule has 1 aromatic carbocycles. The molecule has 1 N–H and O–H groups in total. The van der Waals surface area contributed by atoms with E-state index in [2.05, 4.69) is 5.10 Å². The van der Waals surface area contributed by atoms with Crippen molar-refractivity contribution < 1.29 is 14.3 Å². The Balaban J connectivity index is 1.36. The summed E-state index contributed by atoms with van der Waals surface area (Å²) in [4.78, 5) is 14.4. The quantitative estimate of drug-likeness (QED) is 0.917. The number of fused-ring (bicyclic) bond motifs is 1. The first-order chi connectivity index (χ1) is 12.3. The van der Waals surface area contributed by atoms with Crippen LogP contribution in [0.1, 0.15) is 38.2 Å². The largest absolute Gasteiger partial charge is 0.390 e. The molecule has 2 heterocycles. The van der Waals surface area contributed by atoms with E-state index in [4.69, 9.17) is 0 Å². The summed E-state index contributed by atoms with van der Waals surface area (Å²) in [6.07, 6.45) is 5.33. The van der Waals surface area contributed by atoms with Gasteiger partial charge in [0.1, 0.15) is 5.82 Å². The number of aryl methyl sites for hydroxylation is 1. The Hall–Kier alpha value is -1.95. The third-order valence-corrected chi connectivity index (χ3v) is 6.07. The molecule has 0 radical (unpaired) electrons. The number of nitrogens with zero attached hydrogens (tertiary/aromatic N) is 3. The van der Waals surface area contributed by atoms with Crippen molar-refractivity contribution in [3.8, 4) is 0 Å². The summed E-state index contributed by atoms with van der Waals surface area (Å²) in [5.74, 6) is 0.383. The van der Waals surface area contributed by atoms with Crippen molar-refractivity contribution in [2.75, 3.05) is 13.1 Å². The van der Waals surface area contributed by atoms with Crippen LogP contribution in [0.15, 0.2) is 18.3 Å². The molecule has 1 saturated carbocycles. The molecule has 1 aromatic heterocycles. The van der Waals surface area contributed by atoms with Crippen molar-refractivity contribution in [1.29, 1.82) is 0 Å². The summed E-state index contributed by atoms with van der Waals surface area (Å²) in [5.41, 5.74) is 1.02. The van der Waals surface area contributed by atoms with Gasteiger partial charge < -0.3 is 10.0 Å². The first kappa shape index (κ1) is 17.5. The number of benzene rings is 1. The van der Waals surface area contributed by atoms with Gasteiger partial charge in [-0.15, -0.1) is 0 Å². The second-order valence-corrected chi connectivity index (χ2v) is 8.35. The Bertz CT molecular complexity index is 829. The molecule has 1 aliphatic carbocycles. The highest BCUT2D eigenvalue weighted by molar-refractivity contribution is 5.80. The molecular formula is C20H26FN3O2. The third-order valence-electron chi connectivity index (χ3n) is 6.07. The van der Waals surface area contributed by atoms with Crippen LogP contribution in [-0.2, 0) is 18.3 Å². The van der Waals surface area contributed by atoms with Crippen LogP contribution in [0.3, 0.4) is 0 Å². The number of piperidine rings is 1. The molecule has 26 heavy (non-hydrogen) atoms. The Labute approximate surface area is 152 Å². The van der Waals surface area contributed by atoms with Crippen LogP contribution >= 0.6 is 0 Å². The number of halogens is 1. The summed E-state index contributed by atoms with van der Waals surface area (Å²) in [7, 11) is 1.87. The number of carbonyl (C=O) groups excluding carboxylic acids is 1. The number of amides is 1. The van der Waals surface area contributed by atoms with Gasteiger partial charge in [0.25, 0.3) is 0 Å². The van der Waals surface area contributed by atoms with Gasteiger partial charge in [0.05, 0.1) is 17.3 Å². The minimum atomic E-state index is -0.666. The van der Waals surface area contributed by atoms with Crippen LogP contribution in [0.4, 0.5) is 4.39 Å². The van der Waals surface area contributed by atoms with E-state index in [0.29, 0.717) is 25.2 Å². The number of aliphatic hydroxyl groups is 1. The summed E-state index contributed by atoms with van der Waals surface area (Å²) >= 11 is 0. The number of rotatable bonds is 3. The molecule has 6 heteroatoms. The van der Waals surface area contributed by atoms with Gasteiger partial charge in [-0.3, -0.25) is 9.48 Å². The van der Waals surface area contributed by atoms with E-state index in [1.807, 2.05) is 18.0 Å². The van der Waals surface area contributed by atoms with E-state index in [-0.39, 0.29) is 17.6 Å². The van der Waals surface area contributed by atoms with E-state index < -0.39 is 5.60 Å². The molecular weight excluding hydrogens is 333 g/mol. The van der Waals surface area contributed by atoms with E-state index in [9.17, 15) is 14.3 Å². The van der Waals surface area contributed by atoms with Crippen LogP contribution < -0.4 is 0 Å². The van der Waals surface area contributed by atoms with E-state index >= 15 is 0 Å². The van der Waals surface area contributed by atoms with Crippen LogP contribution in [0.5, 0.6) is 0 Å². The van der Waals surface area contributed by atoms with Gasteiger partial charge in [0.15, 0.2) is 0 Å². The Morgan fingerprint density at radius 2 is 2.04 bits per heavy atom. The van der Waals surface area contributed by atoms with Crippen LogP contribution in [-0.4, -0.2) is 44.4 Å². The molecule has 2 fully saturated rings. The summed E-state index contributed by atoms with van der Waals surface area (Å²) in [6, 6.07) is 3.48. The zero-order valence-corrected chi connectivity index (χ0v) is 15.4. The maximum Gasteiger partial charge on any atom is 0.225 e. The fourth-order valence-electron chi connectivity index (χ4n) is 4.47. The Morgan fingerprint density at radius 1 is 1.35 bits per heavy atom. The molecule has 0 unspecified atom stereocenters. The van der Waals surface area contributed by atoms with E-state index in [0.717, 1.165) is 42.4 Å². The van der Waals surface area contributed by atoms with Gasteiger partial charge in [-0.1, -0.05) is 0 Å². The monoisotopic (exact) mass is 359 g/mol. The highest BCUT2D eigenvalue weighted by Gasteiger charge is 2.44. The second-order valence-electron chi connectivity index (χ2n) is 8.35. The van der Waals surface area contributed by atoms with Crippen LogP contribution in [0.2, 0.25) is 0 Å². The molecule has 140 valence electrons. The molecule has 1 saturated heterocycles. The van der Waals surface area contributed by atoms with Crippen molar-refractivity contribution in [3.63, 3.8) is 0 Å². The lowest BCUT2D eigenvalue weighted by Crippen LogP contribution is -2.51. The van der Waals surface area contributed by atoms with E-state index in [1.165, 1.54) is 0 Å². The normalized spacial score (nSPS) is 26.9. The molecule has 1 aliphatic heterocycles. The number of carbonyl (C=O) groups is 1. The minimum Gasteiger partial charge on any atom is -0.390 e. The van der Waals surface area contributed by atoms with Gasteiger partial charge in [-0.05, 0) is 62.6 Å². The minimum absolute atomic E-state index is 0.0220. The SMILES string of the molecule is Cn1ncc2cc(F)c(CC3CCN(C(=O)C4CC(C)(O)C4)CC3)cc21. The average molecular weight is 359 g/mol. The van der Waals surface area contributed by atoms with Crippen molar-refractivity contribution in [2.45, 2.75) is 44.6 Å². The molecule has 5 nitrogen and oxygen atoms in total. The topological polar surface area (TPSA) is 58.4 Å². The van der Waals surface area contributed by atoms with Crippen LogP contribution in [0, 0.1) is 17.7 Å². The molecule has 2 aromatic rings. The molecule has 0 spiro atoms. The molecule has 4 rings (SSSR count). The zero-order chi connectivity index (χ0) is 18.5. The molecule has 0 atom stereocenters. The predicted octanol–water partition coefficient (Wildman–Crippen LogP) is 2.65. The van der Waals surface area contributed by atoms with Crippen molar-refractivity contribution >= 4 is 16.8 Å². The maximum absolute atomic E-state index is 14.4. The van der Waals surface area contributed by atoms with Crippen molar-refractivity contribution in [3.05, 3.63) is 29.7 Å². The average Bonchev–Trinajstić information content (AvgIpc) is 2.93. The second kappa shape index (κ2) is 6.34. The Kier molecular flexibility index (Phi) is 4.26.